The fourth-order valence-electron chi connectivity index (χ4n) is 4.16. The van der Waals surface area contributed by atoms with Crippen molar-refractivity contribution in [2.75, 3.05) is 0 Å². The van der Waals surface area contributed by atoms with Crippen LogP contribution in [0.25, 0.3) is 0 Å². The molecule has 2 aliphatic rings. The Labute approximate surface area is 192 Å². The molecule has 0 bridgehead atoms. The van der Waals surface area contributed by atoms with Crippen LogP contribution in [0.2, 0.25) is 0 Å². The molecule has 1 aliphatic heterocycles. The Balaban J connectivity index is 1.89. The molecule has 1 heterocycles. The van der Waals surface area contributed by atoms with E-state index in [1.54, 1.807) is 12.3 Å². The Hall–Kier alpha value is -3.01. The van der Waals surface area contributed by atoms with E-state index in [9.17, 15) is 4.79 Å². The molecular weight excluding hydrogens is 396 g/mol. The second kappa shape index (κ2) is 11.6. The van der Waals surface area contributed by atoms with Crippen molar-refractivity contribution in [3.63, 3.8) is 0 Å². The molecular formula is C28H34N2O2. The van der Waals surface area contributed by atoms with Gasteiger partial charge in [0.2, 0.25) is 0 Å². The summed E-state index contributed by atoms with van der Waals surface area (Å²) in [6.07, 6.45) is 21.6. The fourth-order valence-corrected chi connectivity index (χ4v) is 4.16. The third-order valence-electron chi connectivity index (χ3n) is 6.47. The van der Waals surface area contributed by atoms with Gasteiger partial charge in [-0.3, -0.25) is 4.79 Å². The standard InChI is InChI=1S/C28H34N2O2/c1-4-27(31)26-16-9-7-8-12-22(13-11-21-29-30-26)28(5-2,6-3)23-17-19-25(20-18-23)32-24-14-10-15-24/h7-9,11-13,16-21,24H,4-6,10,14-15H2,1-3H3/b8-7+,9-7?,12-8?,13-11-,16-9-,21-11?,22-12+,22-13?,26-16?,29-21+,30-26+,30-29?. The molecule has 168 valence electrons. The van der Waals surface area contributed by atoms with Crippen LogP contribution in [0.3, 0.4) is 0 Å². The molecule has 1 aromatic rings. The maximum atomic E-state index is 12.0. The molecule has 0 saturated heterocycles. The summed E-state index contributed by atoms with van der Waals surface area (Å²) in [5.74, 6) is 0.931. The highest BCUT2D eigenvalue weighted by Crippen LogP contribution is 2.40. The molecule has 0 aromatic heterocycles. The Kier molecular flexibility index (Phi) is 8.55. The highest BCUT2D eigenvalue weighted by molar-refractivity contribution is 6.44. The van der Waals surface area contributed by atoms with Crippen LogP contribution >= 0.6 is 0 Å². The van der Waals surface area contributed by atoms with E-state index in [-0.39, 0.29) is 11.2 Å². The van der Waals surface area contributed by atoms with Crippen molar-refractivity contribution in [2.24, 2.45) is 10.2 Å². The summed E-state index contributed by atoms with van der Waals surface area (Å²) in [5, 5.41) is 8.17. The Morgan fingerprint density at radius 3 is 2.38 bits per heavy atom. The van der Waals surface area contributed by atoms with Gasteiger partial charge in [-0.15, -0.1) is 5.10 Å². The van der Waals surface area contributed by atoms with E-state index in [0.29, 0.717) is 18.2 Å². The lowest BCUT2D eigenvalue weighted by atomic mass is 9.69. The summed E-state index contributed by atoms with van der Waals surface area (Å²) in [6, 6.07) is 8.62. The number of carbonyl (C=O) groups excluding carboxylic acids is 1. The maximum absolute atomic E-state index is 12.0. The van der Waals surface area contributed by atoms with Crippen LogP contribution in [0.1, 0.15) is 64.9 Å². The van der Waals surface area contributed by atoms with Gasteiger partial charge in [0, 0.05) is 18.1 Å². The van der Waals surface area contributed by atoms with E-state index >= 15 is 0 Å². The van der Waals surface area contributed by atoms with Gasteiger partial charge < -0.3 is 4.74 Å². The van der Waals surface area contributed by atoms with Crippen molar-refractivity contribution in [1.29, 1.82) is 0 Å². The number of ether oxygens (including phenoxy) is 1. The van der Waals surface area contributed by atoms with Gasteiger partial charge in [-0.1, -0.05) is 63.3 Å². The highest BCUT2D eigenvalue weighted by Gasteiger charge is 2.31. The lowest BCUT2D eigenvalue weighted by molar-refractivity contribution is -0.112. The molecule has 1 saturated carbocycles. The van der Waals surface area contributed by atoms with Gasteiger partial charge >= 0.3 is 0 Å². The molecule has 1 aliphatic carbocycles. The molecule has 0 atom stereocenters. The van der Waals surface area contributed by atoms with Crippen molar-refractivity contribution >= 4 is 17.7 Å². The predicted octanol–water partition coefficient (Wildman–Crippen LogP) is 6.69. The third kappa shape index (κ3) is 5.61. The lowest BCUT2D eigenvalue weighted by Gasteiger charge is -2.34. The molecule has 0 spiro atoms. The number of allylic oxidation sites excluding steroid dienone is 8. The largest absolute Gasteiger partial charge is 0.490 e. The SMILES string of the molecule is CCC(=O)C1=N/N=C/C=C\C(C(CC)(CC)c2ccc(OC3CCC3)cc2)=C/C=C/C=C\1. The summed E-state index contributed by atoms with van der Waals surface area (Å²) >= 11 is 0. The average Bonchev–Trinajstić information content (AvgIpc) is 2.79. The van der Waals surface area contributed by atoms with Crippen LogP contribution in [0, 0.1) is 0 Å². The number of rotatable bonds is 8. The van der Waals surface area contributed by atoms with Crippen LogP contribution < -0.4 is 4.74 Å². The first-order valence-corrected chi connectivity index (χ1v) is 11.8. The van der Waals surface area contributed by atoms with Crippen molar-refractivity contribution < 1.29 is 9.53 Å². The van der Waals surface area contributed by atoms with Crippen molar-refractivity contribution in [1.82, 2.24) is 0 Å². The quantitative estimate of drug-likeness (QED) is 0.461. The molecule has 4 nitrogen and oxygen atoms in total. The van der Waals surface area contributed by atoms with E-state index in [1.807, 2.05) is 31.2 Å². The number of hydrogen-bond acceptors (Lipinski definition) is 4. The van der Waals surface area contributed by atoms with E-state index < -0.39 is 0 Å². The third-order valence-corrected chi connectivity index (χ3v) is 6.47. The predicted molar refractivity (Wildman–Crippen MR) is 134 cm³/mol. The number of benzene rings is 1. The first-order chi connectivity index (χ1) is 15.6. The minimum atomic E-state index is -0.121. The molecule has 32 heavy (non-hydrogen) atoms. The van der Waals surface area contributed by atoms with E-state index in [0.717, 1.165) is 31.4 Å². The molecule has 1 fully saturated rings. The summed E-state index contributed by atoms with van der Waals surface area (Å²) in [6.45, 7) is 6.29. The van der Waals surface area contributed by atoms with Crippen molar-refractivity contribution in [3.8, 4) is 5.75 Å². The van der Waals surface area contributed by atoms with Crippen LogP contribution in [0.15, 0.2) is 82.6 Å². The molecule has 4 heteroatoms. The molecule has 0 amide bonds. The summed E-state index contributed by atoms with van der Waals surface area (Å²) in [4.78, 5) is 12.0. The van der Waals surface area contributed by atoms with Gasteiger partial charge in [-0.2, -0.15) is 5.10 Å². The number of nitrogens with zero attached hydrogens (tertiary/aromatic N) is 2. The van der Waals surface area contributed by atoms with E-state index in [1.165, 1.54) is 17.6 Å². The second-order valence-electron chi connectivity index (χ2n) is 8.24. The van der Waals surface area contributed by atoms with Gasteiger partial charge in [0.05, 0.1) is 6.10 Å². The molecule has 0 unspecified atom stereocenters. The second-order valence-corrected chi connectivity index (χ2v) is 8.24. The zero-order valence-corrected chi connectivity index (χ0v) is 19.5. The molecule has 0 radical (unpaired) electrons. The van der Waals surface area contributed by atoms with Crippen LogP contribution in [-0.4, -0.2) is 23.8 Å². The van der Waals surface area contributed by atoms with E-state index in [2.05, 4.69) is 60.5 Å². The topological polar surface area (TPSA) is 51.0 Å². The van der Waals surface area contributed by atoms with Crippen molar-refractivity contribution in [2.45, 2.75) is 70.8 Å². The van der Waals surface area contributed by atoms with Crippen molar-refractivity contribution in [3.05, 3.63) is 77.9 Å². The Morgan fingerprint density at radius 1 is 1.00 bits per heavy atom. The first kappa shape index (κ1) is 23.6. The van der Waals surface area contributed by atoms with E-state index in [4.69, 9.17) is 4.74 Å². The van der Waals surface area contributed by atoms with Crippen LogP contribution in [0.5, 0.6) is 5.75 Å². The zero-order valence-electron chi connectivity index (χ0n) is 19.5. The van der Waals surface area contributed by atoms with Gasteiger partial charge in [0.1, 0.15) is 11.5 Å². The zero-order chi connectivity index (χ0) is 22.8. The van der Waals surface area contributed by atoms with Gasteiger partial charge in [0.25, 0.3) is 0 Å². The molecule has 3 rings (SSSR count). The normalized spacial score (nSPS) is 24.3. The lowest BCUT2D eigenvalue weighted by Crippen LogP contribution is -2.27. The van der Waals surface area contributed by atoms with Gasteiger partial charge in [-0.25, -0.2) is 0 Å². The monoisotopic (exact) mass is 430 g/mol. The minimum Gasteiger partial charge on any atom is -0.490 e. The Bertz CT molecular complexity index is 954. The number of hydrogen-bond donors (Lipinski definition) is 0. The van der Waals surface area contributed by atoms with Gasteiger partial charge in [-0.05, 0) is 67.5 Å². The smallest absolute Gasteiger partial charge is 0.182 e. The number of Topliss-reactive ketones (excluding diaryl/α,β-unsaturated/α-hetero) is 1. The first-order valence-electron chi connectivity index (χ1n) is 11.8. The Morgan fingerprint density at radius 2 is 1.75 bits per heavy atom. The molecule has 1 aromatic carbocycles. The van der Waals surface area contributed by atoms with Crippen LogP contribution in [-0.2, 0) is 10.2 Å². The summed E-state index contributed by atoms with van der Waals surface area (Å²) in [7, 11) is 0. The van der Waals surface area contributed by atoms with Crippen LogP contribution in [0.4, 0.5) is 0 Å². The summed E-state index contributed by atoms with van der Waals surface area (Å²) in [5.41, 5.74) is 2.73. The minimum absolute atomic E-state index is 0.0233. The number of ketones is 1. The van der Waals surface area contributed by atoms with Gasteiger partial charge in [0.15, 0.2) is 5.78 Å². The number of carbonyl (C=O) groups is 1. The maximum Gasteiger partial charge on any atom is 0.182 e. The summed E-state index contributed by atoms with van der Waals surface area (Å²) < 4.78 is 6.06. The fraction of sp³-hybridized carbons (Fsp3) is 0.393. The molecule has 0 N–H and O–H groups in total. The average molecular weight is 431 g/mol. The highest BCUT2D eigenvalue weighted by atomic mass is 16.5.